The molecule has 0 aliphatic heterocycles. The molecule has 7 nitrogen and oxygen atoms in total. The topological polar surface area (TPSA) is 114 Å². The summed E-state index contributed by atoms with van der Waals surface area (Å²) >= 11 is 0. The monoisotopic (exact) mass is 253 g/mol. The summed E-state index contributed by atoms with van der Waals surface area (Å²) in [5, 5.41) is 9.21. The highest BCUT2D eigenvalue weighted by molar-refractivity contribution is 5.91. The lowest BCUT2D eigenvalue weighted by atomic mass is 10.0. The highest BCUT2D eigenvalue weighted by Crippen LogP contribution is 2.08. The molecule has 7 heteroatoms. The molecule has 0 spiro atoms. The molecule has 0 atom stereocenters. The number of amides is 2. The van der Waals surface area contributed by atoms with Crippen molar-refractivity contribution in [2.45, 2.75) is 45.6 Å². The molecule has 0 saturated carbocycles. The summed E-state index contributed by atoms with van der Waals surface area (Å²) in [7, 11) is 0. The number of H-pyrrole nitrogens is 1. The number of carbonyl (C=O) groups is 2. The van der Waals surface area contributed by atoms with E-state index in [1.54, 1.807) is 13.8 Å². The Kier molecular flexibility index (Phi) is 4.41. The molecule has 0 unspecified atom stereocenters. The van der Waals surface area contributed by atoms with Gasteiger partial charge < -0.3 is 11.1 Å². The summed E-state index contributed by atoms with van der Waals surface area (Å²) in [5.41, 5.74) is 4.40. The average molecular weight is 253 g/mol. The molecular formula is C11H19N5O2. The van der Waals surface area contributed by atoms with Crippen LogP contribution in [0.4, 0.5) is 0 Å². The van der Waals surface area contributed by atoms with E-state index >= 15 is 0 Å². The smallest absolute Gasteiger partial charge is 0.291 e. The number of nitrogens with zero attached hydrogens (tertiary/aromatic N) is 2. The molecule has 100 valence electrons. The maximum absolute atomic E-state index is 11.9. The van der Waals surface area contributed by atoms with Gasteiger partial charge in [0, 0.05) is 18.4 Å². The Morgan fingerprint density at radius 1 is 1.44 bits per heavy atom. The summed E-state index contributed by atoms with van der Waals surface area (Å²) in [6.07, 6.45) is 1.72. The molecule has 1 aromatic rings. The molecule has 0 radical (unpaired) electrons. The van der Waals surface area contributed by atoms with Crippen LogP contribution in [0.3, 0.4) is 0 Å². The number of primary amides is 1. The fourth-order valence-electron chi connectivity index (χ4n) is 1.59. The lowest BCUT2D eigenvalue weighted by Crippen LogP contribution is -2.46. The van der Waals surface area contributed by atoms with Crippen molar-refractivity contribution < 1.29 is 9.59 Å². The second-order valence-corrected chi connectivity index (χ2v) is 4.84. The third-order valence-corrected chi connectivity index (χ3v) is 2.29. The number of rotatable bonds is 6. The van der Waals surface area contributed by atoms with Gasteiger partial charge in [-0.2, -0.15) is 0 Å². The Balaban J connectivity index is 2.66. The van der Waals surface area contributed by atoms with Gasteiger partial charge in [0.15, 0.2) is 0 Å². The van der Waals surface area contributed by atoms with Gasteiger partial charge in [0.05, 0.1) is 0 Å². The second-order valence-electron chi connectivity index (χ2n) is 4.84. The van der Waals surface area contributed by atoms with Crippen molar-refractivity contribution in [1.82, 2.24) is 20.5 Å². The summed E-state index contributed by atoms with van der Waals surface area (Å²) < 4.78 is 0. The molecular weight excluding hydrogens is 234 g/mol. The van der Waals surface area contributed by atoms with Gasteiger partial charge in [-0.1, -0.05) is 6.92 Å². The average Bonchev–Trinajstić information content (AvgIpc) is 2.63. The van der Waals surface area contributed by atoms with Crippen LogP contribution in [0.15, 0.2) is 0 Å². The number of aromatic amines is 1. The molecule has 1 aromatic heterocycles. The molecule has 0 bridgehead atoms. The maximum atomic E-state index is 11.9. The molecule has 0 aliphatic carbocycles. The van der Waals surface area contributed by atoms with E-state index in [0.29, 0.717) is 5.82 Å². The van der Waals surface area contributed by atoms with E-state index in [-0.39, 0.29) is 12.2 Å². The van der Waals surface area contributed by atoms with Gasteiger partial charge in [0.2, 0.25) is 11.7 Å². The van der Waals surface area contributed by atoms with Gasteiger partial charge in [0.25, 0.3) is 5.91 Å². The maximum Gasteiger partial charge on any atom is 0.291 e. The van der Waals surface area contributed by atoms with E-state index in [4.69, 9.17) is 5.73 Å². The number of nitrogens with two attached hydrogens (primary N) is 1. The molecule has 0 aliphatic rings. The number of carbonyl (C=O) groups excluding carboxylic acids is 2. The first-order valence-electron chi connectivity index (χ1n) is 5.86. The third kappa shape index (κ3) is 4.15. The van der Waals surface area contributed by atoms with Crippen LogP contribution < -0.4 is 11.1 Å². The summed E-state index contributed by atoms with van der Waals surface area (Å²) in [6, 6.07) is 0. The minimum atomic E-state index is -0.714. The van der Waals surface area contributed by atoms with E-state index in [1.807, 2.05) is 6.92 Å². The quantitative estimate of drug-likeness (QED) is 0.669. The van der Waals surface area contributed by atoms with E-state index in [2.05, 4.69) is 20.5 Å². The number of aryl methyl sites for hydroxylation is 1. The van der Waals surface area contributed by atoms with Crippen molar-refractivity contribution in [1.29, 1.82) is 0 Å². The fourth-order valence-corrected chi connectivity index (χ4v) is 1.59. The zero-order valence-corrected chi connectivity index (χ0v) is 10.9. The van der Waals surface area contributed by atoms with Crippen LogP contribution in [-0.2, 0) is 11.2 Å². The largest absolute Gasteiger partial charge is 0.370 e. The van der Waals surface area contributed by atoms with Gasteiger partial charge >= 0.3 is 0 Å². The molecule has 0 fully saturated rings. The normalized spacial score (nSPS) is 11.3. The SMILES string of the molecule is CCCc1nc(C(=O)NC(C)(C)CC(N)=O)n[nH]1. The molecule has 0 aromatic carbocycles. The van der Waals surface area contributed by atoms with Gasteiger partial charge in [-0.05, 0) is 20.3 Å². The minimum absolute atomic E-state index is 0.0605. The van der Waals surface area contributed by atoms with Gasteiger partial charge in [-0.15, -0.1) is 5.10 Å². The van der Waals surface area contributed by atoms with E-state index in [1.165, 1.54) is 0 Å². The minimum Gasteiger partial charge on any atom is -0.370 e. The van der Waals surface area contributed by atoms with Gasteiger partial charge in [0.1, 0.15) is 5.82 Å². The van der Waals surface area contributed by atoms with Crippen LogP contribution in [0.2, 0.25) is 0 Å². The number of aromatic nitrogens is 3. The molecule has 4 N–H and O–H groups in total. The van der Waals surface area contributed by atoms with Crippen molar-refractivity contribution in [3.8, 4) is 0 Å². The predicted octanol–water partition coefficient (Wildman–Crippen LogP) is 0.141. The highest BCUT2D eigenvalue weighted by atomic mass is 16.2. The van der Waals surface area contributed by atoms with Crippen molar-refractivity contribution >= 4 is 11.8 Å². The second kappa shape index (κ2) is 5.61. The summed E-state index contributed by atoms with van der Waals surface area (Å²) in [4.78, 5) is 26.8. The Bertz CT molecular complexity index is 438. The van der Waals surface area contributed by atoms with Crippen molar-refractivity contribution in [3.63, 3.8) is 0 Å². The predicted molar refractivity (Wildman–Crippen MR) is 65.7 cm³/mol. The molecule has 2 amide bonds. The van der Waals surface area contributed by atoms with Crippen LogP contribution in [0.5, 0.6) is 0 Å². The molecule has 1 rings (SSSR count). The first kappa shape index (κ1) is 14.1. The van der Waals surface area contributed by atoms with Gasteiger partial charge in [-0.3, -0.25) is 14.7 Å². The summed E-state index contributed by atoms with van der Waals surface area (Å²) in [6.45, 7) is 5.45. The van der Waals surface area contributed by atoms with Crippen molar-refractivity contribution in [2.24, 2.45) is 5.73 Å². The van der Waals surface area contributed by atoms with Crippen LogP contribution in [0, 0.1) is 0 Å². The molecule has 1 heterocycles. The first-order chi connectivity index (χ1) is 8.34. The Morgan fingerprint density at radius 2 is 2.11 bits per heavy atom. The van der Waals surface area contributed by atoms with E-state index in [9.17, 15) is 9.59 Å². The number of hydrogen-bond acceptors (Lipinski definition) is 4. The third-order valence-electron chi connectivity index (χ3n) is 2.29. The molecule has 18 heavy (non-hydrogen) atoms. The van der Waals surface area contributed by atoms with E-state index < -0.39 is 17.4 Å². The lowest BCUT2D eigenvalue weighted by molar-refractivity contribution is -0.119. The Labute approximate surface area is 106 Å². The first-order valence-corrected chi connectivity index (χ1v) is 5.86. The Morgan fingerprint density at radius 3 is 2.67 bits per heavy atom. The zero-order valence-electron chi connectivity index (χ0n) is 10.9. The van der Waals surface area contributed by atoms with Crippen LogP contribution >= 0.6 is 0 Å². The van der Waals surface area contributed by atoms with Crippen molar-refractivity contribution in [2.75, 3.05) is 0 Å². The summed E-state index contributed by atoms with van der Waals surface area (Å²) in [5.74, 6) is -0.131. The lowest BCUT2D eigenvalue weighted by Gasteiger charge is -2.23. The number of nitrogens with one attached hydrogen (secondary N) is 2. The van der Waals surface area contributed by atoms with E-state index in [0.717, 1.165) is 12.8 Å². The van der Waals surface area contributed by atoms with Crippen LogP contribution in [0.25, 0.3) is 0 Å². The number of hydrogen-bond donors (Lipinski definition) is 3. The zero-order chi connectivity index (χ0) is 13.8. The van der Waals surface area contributed by atoms with Crippen LogP contribution in [-0.4, -0.2) is 32.5 Å². The van der Waals surface area contributed by atoms with Crippen LogP contribution in [0.1, 0.15) is 50.1 Å². The van der Waals surface area contributed by atoms with Crippen molar-refractivity contribution in [3.05, 3.63) is 11.6 Å². The fraction of sp³-hybridized carbons (Fsp3) is 0.636. The van der Waals surface area contributed by atoms with Gasteiger partial charge in [-0.25, -0.2) is 4.98 Å². The highest BCUT2D eigenvalue weighted by Gasteiger charge is 2.25. The standard InChI is InChI=1S/C11H19N5O2/c1-4-5-8-13-9(16-15-8)10(18)14-11(2,3)6-7(12)17/h4-6H2,1-3H3,(H2,12,17)(H,14,18)(H,13,15,16). The Hall–Kier alpha value is -1.92. The molecule has 0 saturated heterocycles.